The van der Waals surface area contributed by atoms with Crippen molar-refractivity contribution in [2.45, 2.75) is 18.9 Å². The largest absolute Gasteiger partial charge is 0.388 e. The lowest BCUT2D eigenvalue weighted by Crippen LogP contribution is -2.49. The number of aliphatic hydroxyl groups excluding tert-OH is 1. The van der Waals surface area contributed by atoms with Gasteiger partial charge in [-0.15, -0.1) is 12.4 Å². The van der Waals surface area contributed by atoms with Crippen molar-refractivity contribution in [3.63, 3.8) is 0 Å². The van der Waals surface area contributed by atoms with Crippen LogP contribution in [0.4, 0.5) is 0 Å². The molecule has 1 N–H and O–H groups in total. The predicted octanol–water partition coefficient (Wildman–Crippen LogP) is 2.48. The van der Waals surface area contributed by atoms with E-state index in [4.69, 9.17) is 0 Å². The summed E-state index contributed by atoms with van der Waals surface area (Å²) in [5.74, 6) is 1.19. The first kappa shape index (κ1) is 12.9. The summed E-state index contributed by atoms with van der Waals surface area (Å²) < 4.78 is 0. The average Bonchev–Trinajstić information content (AvgIpc) is 2.40. The lowest BCUT2D eigenvalue weighted by Gasteiger charge is -2.46. The van der Waals surface area contributed by atoms with Crippen LogP contribution in [0.3, 0.4) is 0 Å². The number of halogens is 1. The van der Waals surface area contributed by atoms with E-state index in [1.54, 1.807) is 0 Å². The van der Waals surface area contributed by atoms with Crippen molar-refractivity contribution in [2.75, 3.05) is 19.6 Å². The highest BCUT2D eigenvalue weighted by molar-refractivity contribution is 5.85. The molecule has 3 aliphatic rings. The first-order valence-corrected chi connectivity index (χ1v) is 6.30. The van der Waals surface area contributed by atoms with Crippen LogP contribution in [0.25, 0.3) is 0 Å². The molecule has 2 nitrogen and oxygen atoms in total. The second-order valence-corrected chi connectivity index (χ2v) is 5.16. The maximum atomic E-state index is 10.4. The minimum atomic E-state index is -0.269. The zero-order valence-corrected chi connectivity index (χ0v) is 10.8. The van der Waals surface area contributed by atoms with Gasteiger partial charge < -0.3 is 10.0 Å². The van der Waals surface area contributed by atoms with Crippen molar-refractivity contribution in [3.05, 3.63) is 35.9 Å². The Morgan fingerprint density at radius 3 is 2.29 bits per heavy atom. The number of piperidine rings is 3. The third-order valence-corrected chi connectivity index (χ3v) is 4.25. The summed E-state index contributed by atoms with van der Waals surface area (Å²) in [4.78, 5) is 2.50. The number of rotatable bonds is 2. The standard InChI is InChI=1S/C14H19NO.ClH/c16-14(12-4-2-1-3-5-12)13-10-15-8-6-11(13)7-9-15;/h1-5,11,13-14,16H,6-10H2;1H. The van der Waals surface area contributed by atoms with Gasteiger partial charge in [0.15, 0.2) is 0 Å². The molecule has 0 radical (unpaired) electrons. The van der Waals surface area contributed by atoms with Gasteiger partial charge in [-0.1, -0.05) is 30.3 Å². The first-order chi connectivity index (χ1) is 7.84. The van der Waals surface area contributed by atoms with E-state index in [1.807, 2.05) is 30.3 Å². The number of fused-ring (bicyclic) bond motifs is 3. The molecule has 3 fully saturated rings. The van der Waals surface area contributed by atoms with Gasteiger partial charge in [0.1, 0.15) is 0 Å². The van der Waals surface area contributed by atoms with Crippen molar-refractivity contribution >= 4 is 12.4 Å². The molecule has 3 saturated heterocycles. The van der Waals surface area contributed by atoms with E-state index in [9.17, 15) is 5.11 Å². The molecule has 3 heterocycles. The van der Waals surface area contributed by atoms with Gasteiger partial charge in [-0.2, -0.15) is 0 Å². The van der Waals surface area contributed by atoms with Gasteiger partial charge in [0.05, 0.1) is 6.10 Å². The fourth-order valence-electron chi connectivity index (χ4n) is 3.27. The van der Waals surface area contributed by atoms with Gasteiger partial charge in [-0.05, 0) is 37.4 Å². The van der Waals surface area contributed by atoms with Crippen LogP contribution in [0.15, 0.2) is 30.3 Å². The summed E-state index contributed by atoms with van der Waals surface area (Å²) in [5.41, 5.74) is 1.08. The van der Waals surface area contributed by atoms with Gasteiger partial charge in [-0.25, -0.2) is 0 Å². The van der Waals surface area contributed by atoms with Crippen LogP contribution < -0.4 is 0 Å². The number of benzene rings is 1. The quantitative estimate of drug-likeness (QED) is 0.876. The Hall–Kier alpha value is -0.570. The monoisotopic (exact) mass is 253 g/mol. The average molecular weight is 254 g/mol. The third kappa shape index (κ3) is 2.49. The molecule has 1 aromatic rings. The van der Waals surface area contributed by atoms with Crippen molar-refractivity contribution in [1.82, 2.24) is 4.90 Å². The van der Waals surface area contributed by atoms with Crippen LogP contribution in [0.2, 0.25) is 0 Å². The normalized spacial score (nSPS) is 32.9. The van der Waals surface area contributed by atoms with Crippen molar-refractivity contribution in [2.24, 2.45) is 11.8 Å². The smallest absolute Gasteiger partial charge is 0.0833 e. The number of nitrogens with zero attached hydrogens (tertiary/aromatic N) is 1. The SMILES string of the molecule is Cl.OC(c1ccccc1)C1CN2CCC1CC2. The lowest BCUT2D eigenvalue weighted by molar-refractivity contribution is -0.0263. The van der Waals surface area contributed by atoms with Gasteiger partial charge in [0.25, 0.3) is 0 Å². The molecule has 0 spiro atoms. The summed E-state index contributed by atoms with van der Waals surface area (Å²) in [6.45, 7) is 3.56. The zero-order chi connectivity index (χ0) is 11.0. The van der Waals surface area contributed by atoms with Crippen LogP contribution in [0, 0.1) is 11.8 Å². The number of aliphatic hydroxyl groups is 1. The van der Waals surface area contributed by atoms with E-state index in [-0.39, 0.29) is 18.5 Å². The lowest BCUT2D eigenvalue weighted by atomic mass is 9.75. The minimum Gasteiger partial charge on any atom is -0.388 e. The number of hydrogen-bond acceptors (Lipinski definition) is 2. The van der Waals surface area contributed by atoms with E-state index in [0.29, 0.717) is 5.92 Å². The number of hydrogen-bond donors (Lipinski definition) is 1. The van der Waals surface area contributed by atoms with Crippen LogP contribution >= 0.6 is 12.4 Å². The highest BCUT2D eigenvalue weighted by Gasteiger charge is 2.38. The fourth-order valence-corrected chi connectivity index (χ4v) is 3.27. The Bertz CT molecular complexity index is 348. The zero-order valence-electron chi connectivity index (χ0n) is 9.96. The Labute approximate surface area is 109 Å². The molecule has 4 rings (SSSR count). The second kappa shape index (κ2) is 5.38. The maximum Gasteiger partial charge on any atom is 0.0833 e. The third-order valence-electron chi connectivity index (χ3n) is 4.25. The van der Waals surface area contributed by atoms with Crippen LogP contribution in [-0.4, -0.2) is 29.6 Å². The van der Waals surface area contributed by atoms with Crippen LogP contribution in [-0.2, 0) is 0 Å². The predicted molar refractivity (Wildman–Crippen MR) is 71.3 cm³/mol. The summed E-state index contributed by atoms with van der Waals surface area (Å²) >= 11 is 0. The molecule has 3 aliphatic heterocycles. The van der Waals surface area contributed by atoms with E-state index >= 15 is 0 Å². The molecule has 0 amide bonds. The summed E-state index contributed by atoms with van der Waals surface area (Å²) in [6.07, 6.45) is 2.28. The highest BCUT2D eigenvalue weighted by atomic mass is 35.5. The first-order valence-electron chi connectivity index (χ1n) is 6.30. The summed E-state index contributed by atoms with van der Waals surface area (Å²) in [7, 11) is 0. The Morgan fingerprint density at radius 2 is 1.76 bits per heavy atom. The van der Waals surface area contributed by atoms with Gasteiger partial charge >= 0.3 is 0 Å². The minimum absolute atomic E-state index is 0. The molecule has 0 saturated carbocycles. The fraction of sp³-hybridized carbons (Fsp3) is 0.571. The second-order valence-electron chi connectivity index (χ2n) is 5.16. The van der Waals surface area contributed by atoms with E-state index < -0.39 is 0 Å². The molecule has 3 heteroatoms. The maximum absolute atomic E-state index is 10.4. The van der Waals surface area contributed by atoms with Crippen molar-refractivity contribution < 1.29 is 5.11 Å². The van der Waals surface area contributed by atoms with Gasteiger partial charge in [-0.3, -0.25) is 0 Å². The Morgan fingerprint density at radius 1 is 1.12 bits per heavy atom. The molecule has 0 aliphatic carbocycles. The molecule has 94 valence electrons. The molecule has 1 aromatic carbocycles. The Kier molecular flexibility index (Phi) is 4.08. The molecular formula is C14H20ClNO. The molecule has 17 heavy (non-hydrogen) atoms. The van der Waals surface area contributed by atoms with E-state index in [1.165, 1.54) is 25.9 Å². The highest BCUT2D eigenvalue weighted by Crippen LogP contribution is 2.39. The van der Waals surface area contributed by atoms with E-state index in [0.717, 1.165) is 18.0 Å². The van der Waals surface area contributed by atoms with Crippen LogP contribution in [0.1, 0.15) is 24.5 Å². The van der Waals surface area contributed by atoms with Crippen LogP contribution in [0.5, 0.6) is 0 Å². The van der Waals surface area contributed by atoms with Gasteiger partial charge in [0.2, 0.25) is 0 Å². The Balaban J connectivity index is 0.00000108. The molecule has 2 bridgehead atoms. The summed E-state index contributed by atoms with van der Waals surface area (Å²) in [6, 6.07) is 10.1. The molecule has 0 aromatic heterocycles. The van der Waals surface area contributed by atoms with Crippen molar-refractivity contribution in [3.8, 4) is 0 Å². The molecule has 2 atom stereocenters. The topological polar surface area (TPSA) is 23.5 Å². The molecular weight excluding hydrogens is 234 g/mol. The van der Waals surface area contributed by atoms with E-state index in [2.05, 4.69) is 4.90 Å². The van der Waals surface area contributed by atoms with Gasteiger partial charge in [0, 0.05) is 12.5 Å². The van der Waals surface area contributed by atoms with Crippen molar-refractivity contribution in [1.29, 1.82) is 0 Å². The molecule has 2 unspecified atom stereocenters. The summed E-state index contributed by atoms with van der Waals surface area (Å²) in [5, 5.41) is 10.4.